The zero-order valence-corrected chi connectivity index (χ0v) is 9.20. The van der Waals surface area contributed by atoms with Gasteiger partial charge >= 0.3 is 0 Å². The Labute approximate surface area is 97.9 Å². The van der Waals surface area contributed by atoms with Crippen LogP contribution in [0.1, 0.15) is 0 Å². The molecule has 0 spiro atoms. The normalized spacial score (nSPS) is 10.8. The summed E-state index contributed by atoms with van der Waals surface area (Å²) in [7, 11) is 0. The number of nitrogens with one attached hydrogen (secondary N) is 1. The average Bonchev–Trinajstić information content (AvgIpc) is 2.81. The summed E-state index contributed by atoms with van der Waals surface area (Å²) in [5, 5.41) is 1.82. The maximum Gasteiger partial charge on any atom is 0.0723 e. The van der Waals surface area contributed by atoms with Gasteiger partial charge in [0.15, 0.2) is 0 Å². The maximum absolute atomic E-state index is 5.95. The van der Waals surface area contributed by atoms with E-state index in [4.69, 9.17) is 11.6 Å². The molecule has 0 atom stereocenters. The monoisotopic (exact) mass is 228 g/mol. The Balaban J connectivity index is 2.34. The highest BCUT2D eigenvalue weighted by atomic mass is 35.5. The number of nitrogens with zero attached hydrogens (tertiary/aromatic N) is 1. The standard InChI is InChI=1S/C13H9ClN2/c14-9-3-4-10-11(12-2-1-6-15-12)5-7-16-13(10)8-9/h1-8,15H. The van der Waals surface area contributed by atoms with Crippen LogP contribution in [0.15, 0.2) is 48.8 Å². The molecule has 1 N–H and O–H groups in total. The molecule has 0 aliphatic rings. The fraction of sp³-hybridized carbons (Fsp3) is 0. The van der Waals surface area contributed by atoms with Crippen LogP contribution < -0.4 is 0 Å². The molecular weight excluding hydrogens is 220 g/mol. The van der Waals surface area contributed by atoms with Crippen molar-refractivity contribution in [2.45, 2.75) is 0 Å². The van der Waals surface area contributed by atoms with E-state index in [1.54, 1.807) is 6.20 Å². The van der Waals surface area contributed by atoms with Gasteiger partial charge < -0.3 is 4.98 Å². The molecule has 3 rings (SSSR count). The van der Waals surface area contributed by atoms with Gasteiger partial charge in [0, 0.05) is 34.1 Å². The first-order valence-electron chi connectivity index (χ1n) is 5.02. The van der Waals surface area contributed by atoms with Crippen molar-refractivity contribution >= 4 is 22.5 Å². The van der Waals surface area contributed by atoms with Crippen molar-refractivity contribution in [2.24, 2.45) is 0 Å². The first-order chi connectivity index (χ1) is 7.84. The Morgan fingerprint density at radius 3 is 2.88 bits per heavy atom. The molecule has 0 saturated carbocycles. The van der Waals surface area contributed by atoms with E-state index < -0.39 is 0 Å². The zero-order chi connectivity index (χ0) is 11.0. The predicted octanol–water partition coefficient (Wildman–Crippen LogP) is 3.88. The molecule has 0 unspecified atom stereocenters. The van der Waals surface area contributed by atoms with E-state index in [0.29, 0.717) is 5.02 Å². The highest BCUT2D eigenvalue weighted by molar-refractivity contribution is 6.31. The van der Waals surface area contributed by atoms with E-state index >= 15 is 0 Å². The van der Waals surface area contributed by atoms with Crippen molar-refractivity contribution in [1.82, 2.24) is 9.97 Å². The average molecular weight is 229 g/mol. The van der Waals surface area contributed by atoms with Crippen LogP contribution >= 0.6 is 11.6 Å². The van der Waals surface area contributed by atoms with E-state index in [2.05, 4.69) is 9.97 Å². The van der Waals surface area contributed by atoms with Gasteiger partial charge in [0.2, 0.25) is 0 Å². The first-order valence-corrected chi connectivity index (χ1v) is 5.40. The van der Waals surface area contributed by atoms with Crippen LogP contribution in [0.4, 0.5) is 0 Å². The SMILES string of the molecule is Clc1ccc2c(-c3ccc[nH]3)ccnc2c1. The van der Waals surface area contributed by atoms with Crippen LogP contribution in [-0.2, 0) is 0 Å². The van der Waals surface area contributed by atoms with Gasteiger partial charge in [0.25, 0.3) is 0 Å². The van der Waals surface area contributed by atoms with Crippen LogP contribution in [0.3, 0.4) is 0 Å². The second-order valence-electron chi connectivity index (χ2n) is 3.60. The lowest BCUT2D eigenvalue weighted by Gasteiger charge is -2.04. The van der Waals surface area contributed by atoms with E-state index in [9.17, 15) is 0 Å². The molecule has 1 aromatic carbocycles. The van der Waals surface area contributed by atoms with Gasteiger partial charge in [-0.1, -0.05) is 17.7 Å². The number of benzene rings is 1. The fourth-order valence-corrected chi connectivity index (χ4v) is 2.02. The Bertz CT molecular complexity index is 629. The van der Waals surface area contributed by atoms with Crippen LogP contribution in [0, 0.1) is 0 Å². The highest BCUT2D eigenvalue weighted by Gasteiger charge is 2.04. The summed E-state index contributed by atoms with van der Waals surface area (Å²) < 4.78 is 0. The molecule has 2 heterocycles. The molecule has 0 amide bonds. The van der Waals surface area contributed by atoms with Crippen molar-refractivity contribution in [2.75, 3.05) is 0 Å². The fourth-order valence-electron chi connectivity index (χ4n) is 1.85. The quantitative estimate of drug-likeness (QED) is 0.673. The summed E-state index contributed by atoms with van der Waals surface area (Å²) in [5.74, 6) is 0. The molecule has 3 heteroatoms. The third kappa shape index (κ3) is 1.48. The maximum atomic E-state index is 5.95. The molecular formula is C13H9ClN2. The van der Waals surface area contributed by atoms with Crippen molar-refractivity contribution in [3.63, 3.8) is 0 Å². The molecule has 0 fully saturated rings. The lowest BCUT2D eigenvalue weighted by atomic mass is 10.1. The minimum absolute atomic E-state index is 0.712. The minimum atomic E-state index is 0.712. The number of aromatic amines is 1. The minimum Gasteiger partial charge on any atom is -0.361 e. The van der Waals surface area contributed by atoms with Gasteiger partial charge in [-0.15, -0.1) is 0 Å². The summed E-state index contributed by atoms with van der Waals surface area (Å²) in [4.78, 5) is 7.51. The van der Waals surface area contributed by atoms with E-state index in [1.165, 1.54) is 0 Å². The molecule has 0 radical (unpaired) electrons. The lowest BCUT2D eigenvalue weighted by Crippen LogP contribution is -1.84. The van der Waals surface area contributed by atoms with Gasteiger partial charge in [-0.05, 0) is 30.3 Å². The summed E-state index contributed by atoms with van der Waals surface area (Å²) in [6.07, 6.45) is 3.71. The van der Waals surface area contributed by atoms with Gasteiger partial charge in [-0.2, -0.15) is 0 Å². The Hall–Kier alpha value is -1.80. The number of hydrogen-bond acceptors (Lipinski definition) is 1. The molecule has 78 valence electrons. The molecule has 3 aromatic rings. The molecule has 0 saturated heterocycles. The van der Waals surface area contributed by atoms with Crippen LogP contribution in [0.5, 0.6) is 0 Å². The summed E-state index contributed by atoms with van der Waals surface area (Å²) in [5.41, 5.74) is 3.15. The van der Waals surface area contributed by atoms with Crippen molar-refractivity contribution in [1.29, 1.82) is 0 Å². The predicted molar refractivity (Wildman–Crippen MR) is 66.5 cm³/mol. The molecule has 16 heavy (non-hydrogen) atoms. The first kappa shape index (κ1) is 9.43. The molecule has 0 aliphatic carbocycles. The Morgan fingerprint density at radius 2 is 2.06 bits per heavy atom. The summed E-state index contributed by atoms with van der Waals surface area (Å²) in [6.45, 7) is 0. The van der Waals surface area contributed by atoms with Gasteiger partial charge in [-0.25, -0.2) is 0 Å². The topological polar surface area (TPSA) is 28.7 Å². The van der Waals surface area contributed by atoms with Gasteiger partial charge in [0.05, 0.1) is 5.52 Å². The molecule has 2 aromatic heterocycles. The number of fused-ring (bicyclic) bond motifs is 1. The molecule has 0 bridgehead atoms. The largest absolute Gasteiger partial charge is 0.361 e. The van der Waals surface area contributed by atoms with Crippen molar-refractivity contribution in [3.8, 4) is 11.3 Å². The van der Waals surface area contributed by atoms with E-state index in [0.717, 1.165) is 22.2 Å². The number of aromatic nitrogens is 2. The van der Waals surface area contributed by atoms with Gasteiger partial charge in [-0.3, -0.25) is 4.98 Å². The van der Waals surface area contributed by atoms with Crippen LogP contribution in [0.25, 0.3) is 22.2 Å². The van der Waals surface area contributed by atoms with Crippen LogP contribution in [0.2, 0.25) is 5.02 Å². The number of pyridine rings is 1. The molecule has 0 aliphatic heterocycles. The smallest absolute Gasteiger partial charge is 0.0723 e. The van der Waals surface area contributed by atoms with Crippen molar-refractivity contribution in [3.05, 3.63) is 53.8 Å². The lowest BCUT2D eigenvalue weighted by molar-refractivity contribution is 1.37. The second-order valence-corrected chi connectivity index (χ2v) is 4.04. The summed E-state index contributed by atoms with van der Waals surface area (Å²) >= 11 is 5.95. The number of hydrogen-bond donors (Lipinski definition) is 1. The van der Waals surface area contributed by atoms with Crippen molar-refractivity contribution < 1.29 is 0 Å². The number of halogens is 1. The third-order valence-electron chi connectivity index (χ3n) is 2.59. The summed E-state index contributed by atoms with van der Waals surface area (Å²) in [6, 6.07) is 11.8. The Kier molecular flexibility index (Phi) is 2.15. The van der Waals surface area contributed by atoms with E-state index in [1.807, 2.05) is 42.6 Å². The zero-order valence-electron chi connectivity index (χ0n) is 8.44. The number of rotatable bonds is 1. The molecule has 2 nitrogen and oxygen atoms in total. The van der Waals surface area contributed by atoms with E-state index in [-0.39, 0.29) is 0 Å². The highest BCUT2D eigenvalue weighted by Crippen LogP contribution is 2.27. The second kappa shape index (κ2) is 3.65. The Morgan fingerprint density at radius 1 is 1.12 bits per heavy atom. The number of H-pyrrole nitrogens is 1. The third-order valence-corrected chi connectivity index (χ3v) is 2.83. The van der Waals surface area contributed by atoms with Crippen LogP contribution in [-0.4, -0.2) is 9.97 Å². The van der Waals surface area contributed by atoms with Gasteiger partial charge in [0.1, 0.15) is 0 Å².